The van der Waals surface area contributed by atoms with Crippen LogP contribution in [0.5, 0.6) is 5.75 Å². The Labute approximate surface area is 117 Å². The summed E-state index contributed by atoms with van der Waals surface area (Å²) in [6.07, 6.45) is 3.43. The van der Waals surface area contributed by atoms with E-state index in [9.17, 15) is 4.79 Å². The number of ether oxygens (including phenoxy) is 1. The van der Waals surface area contributed by atoms with Crippen molar-refractivity contribution in [3.63, 3.8) is 0 Å². The first-order valence-corrected chi connectivity index (χ1v) is 6.77. The van der Waals surface area contributed by atoms with Crippen molar-refractivity contribution in [3.05, 3.63) is 54.1 Å². The number of carboxylic acid groups (broad SMARTS) is 1. The SMILES string of the molecule is O=C(O)/C=C(/COc1ccc2ccccc2c1)C1CC1. The Morgan fingerprint density at radius 3 is 2.65 bits per heavy atom. The van der Waals surface area contributed by atoms with Crippen LogP contribution in [0.15, 0.2) is 54.1 Å². The highest BCUT2D eigenvalue weighted by atomic mass is 16.5. The van der Waals surface area contributed by atoms with Crippen molar-refractivity contribution in [3.8, 4) is 5.75 Å². The van der Waals surface area contributed by atoms with E-state index in [0.29, 0.717) is 12.5 Å². The number of rotatable bonds is 5. The minimum atomic E-state index is -0.894. The van der Waals surface area contributed by atoms with Gasteiger partial charge in [-0.1, -0.05) is 30.3 Å². The van der Waals surface area contributed by atoms with E-state index in [1.165, 1.54) is 11.5 Å². The van der Waals surface area contributed by atoms with Gasteiger partial charge in [0.25, 0.3) is 0 Å². The molecule has 0 amide bonds. The quantitative estimate of drug-likeness (QED) is 0.842. The summed E-state index contributed by atoms with van der Waals surface area (Å²) in [6.45, 7) is 0.356. The van der Waals surface area contributed by atoms with E-state index in [2.05, 4.69) is 6.07 Å². The van der Waals surface area contributed by atoms with E-state index in [1.54, 1.807) is 0 Å². The zero-order valence-corrected chi connectivity index (χ0v) is 11.1. The molecule has 1 fully saturated rings. The van der Waals surface area contributed by atoms with Gasteiger partial charge >= 0.3 is 5.97 Å². The molecular weight excluding hydrogens is 252 g/mol. The van der Waals surface area contributed by atoms with Crippen molar-refractivity contribution in [2.45, 2.75) is 12.8 Å². The molecule has 1 N–H and O–H groups in total. The van der Waals surface area contributed by atoms with E-state index in [-0.39, 0.29) is 0 Å². The van der Waals surface area contributed by atoms with Gasteiger partial charge in [-0.3, -0.25) is 0 Å². The van der Waals surface area contributed by atoms with Crippen molar-refractivity contribution < 1.29 is 14.6 Å². The first-order chi connectivity index (χ1) is 9.72. The Hall–Kier alpha value is -2.29. The number of fused-ring (bicyclic) bond motifs is 1. The summed E-state index contributed by atoms with van der Waals surface area (Å²) in [7, 11) is 0. The molecule has 0 aromatic heterocycles. The van der Waals surface area contributed by atoms with Crippen LogP contribution >= 0.6 is 0 Å². The van der Waals surface area contributed by atoms with Crippen molar-refractivity contribution in [1.29, 1.82) is 0 Å². The summed E-state index contributed by atoms with van der Waals surface area (Å²) in [5.74, 6) is 0.279. The van der Waals surface area contributed by atoms with Crippen LogP contribution in [0.1, 0.15) is 12.8 Å². The molecular formula is C17H16O3. The molecule has 3 rings (SSSR count). The van der Waals surface area contributed by atoms with Gasteiger partial charge in [-0.2, -0.15) is 0 Å². The topological polar surface area (TPSA) is 46.5 Å². The van der Waals surface area contributed by atoms with Crippen molar-refractivity contribution in [2.75, 3.05) is 6.61 Å². The molecule has 0 spiro atoms. The number of hydrogen-bond acceptors (Lipinski definition) is 2. The Kier molecular flexibility index (Phi) is 3.42. The molecule has 102 valence electrons. The van der Waals surface area contributed by atoms with Gasteiger partial charge in [0.15, 0.2) is 0 Å². The molecule has 1 saturated carbocycles. The fourth-order valence-corrected chi connectivity index (χ4v) is 2.31. The van der Waals surface area contributed by atoms with Crippen LogP contribution in [0.3, 0.4) is 0 Å². The van der Waals surface area contributed by atoms with Crippen LogP contribution in [0.4, 0.5) is 0 Å². The molecule has 0 radical (unpaired) electrons. The fourth-order valence-electron chi connectivity index (χ4n) is 2.31. The van der Waals surface area contributed by atoms with Crippen LogP contribution < -0.4 is 4.74 Å². The van der Waals surface area contributed by atoms with E-state index in [4.69, 9.17) is 9.84 Å². The molecule has 0 bridgehead atoms. The molecule has 0 unspecified atom stereocenters. The van der Waals surface area contributed by atoms with Crippen molar-refractivity contribution in [2.24, 2.45) is 5.92 Å². The summed E-state index contributed by atoms with van der Waals surface area (Å²) in [6, 6.07) is 14.0. The normalized spacial score (nSPS) is 15.3. The third-order valence-corrected chi connectivity index (χ3v) is 3.54. The van der Waals surface area contributed by atoms with E-state index in [1.807, 2.05) is 36.4 Å². The molecule has 3 nitrogen and oxygen atoms in total. The zero-order valence-electron chi connectivity index (χ0n) is 11.1. The van der Waals surface area contributed by atoms with Crippen LogP contribution in [0.25, 0.3) is 10.8 Å². The molecule has 1 aliphatic carbocycles. The van der Waals surface area contributed by atoms with Gasteiger partial charge < -0.3 is 9.84 Å². The first kappa shape index (κ1) is 12.7. The molecule has 0 heterocycles. The summed E-state index contributed by atoms with van der Waals surface area (Å²) in [5, 5.41) is 11.2. The Bertz CT molecular complexity index is 669. The van der Waals surface area contributed by atoms with Gasteiger partial charge in [0.05, 0.1) is 0 Å². The van der Waals surface area contributed by atoms with Gasteiger partial charge in [-0.15, -0.1) is 0 Å². The highest BCUT2D eigenvalue weighted by molar-refractivity contribution is 5.83. The van der Waals surface area contributed by atoms with Crippen LogP contribution in [-0.4, -0.2) is 17.7 Å². The molecule has 3 heteroatoms. The number of aliphatic carboxylic acids is 1. The Balaban J connectivity index is 1.74. The zero-order chi connectivity index (χ0) is 13.9. The van der Waals surface area contributed by atoms with Crippen molar-refractivity contribution >= 4 is 16.7 Å². The van der Waals surface area contributed by atoms with E-state index in [0.717, 1.165) is 29.6 Å². The van der Waals surface area contributed by atoms with Gasteiger partial charge in [0.1, 0.15) is 12.4 Å². The van der Waals surface area contributed by atoms with Gasteiger partial charge in [-0.25, -0.2) is 4.79 Å². The second kappa shape index (κ2) is 5.37. The summed E-state index contributed by atoms with van der Waals surface area (Å²) < 4.78 is 5.75. The van der Waals surface area contributed by atoms with Gasteiger partial charge in [0, 0.05) is 6.08 Å². The van der Waals surface area contributed by atoms with Crippen LogP contribution in [0.2, 0.25) is 0 Å². The lowest BCUT2D eigenvalue weighted by Crippen LogP contribution is -2.05. The van der Waals surface area contributed by atoms with E-state index >= 15 is 0 Å². The van der Waals surface area contributed by atoms with Gasteiger partial charge in [0.2, 0.25) is 0 Å². The van der Waals surface area contributed by atoms with Crippen molar-refractivity contribution in [1.82, 2.24) is 0 Å². The van der Waals surface area contributed by atoms with E-state index < -0.39 is 5.97 Å². The lowest BCUT2D eigenvalue weighted by molar-refractivity contribution is -0.131. The Morgan fingerprint density at radius 2 is 1.95 bits per heavy atom. The van der Waals surface area contributed by atoms with Gasteiger partial charge in [-0.05, 0) is 47.2 Å². The highest BCUT2D eigenvalue weighted by Gasteiger charge is 2.26. The lowest BCUT2D eigenvalue weighted by atomic mass is 10.1. The maximum absolute atomic E-state index is 10.8. The van der Waals surface area contributed by atoms with Crippen LogP contribution in [0, 0.1) is 5.92 Å². The summed E-state index contributed by atoms with van der Waals surface area (Å²) in [4.78, 5) is 10.8. The fraction of sp³-hybridized carbons (Fsp3) is 0.235. The number of carboxylic acids is 1. The maximum Gasteiger partial charge on any atom is 0.328 e. The molecule has 0 saturated heterocycles. The second-order valence-electron chi connectivity index (χ2n) is 5.13. The number of hydrogen-bond donors (Lipinski definition) is 1. The molecule has 2 aromatic carbocycles. The molecule has 0 atom stereocenters. The predicted octanol–water partition coefficient (Wildman–Crippen LogP) is 3.64. The Morgan fingerprint density at radius 1 is 1.20 bits per heavy atom. The minimum Gasteiger partial charge on any atom is -0.489 e. The number of benzene rings is 2. The summed E-state index contributed by atoms with van der Waals surface area (Å²) in [5.41, 5.74) is 0.880. The third kappa shape index (κ3) is 2.99. The average molecular weight is 268 g/mol. The predicted molar refractivity (Wildman–Crippen MR) is 77.9 cm³/mol. The second-order valence-corrected chi connectivity index (χ2v) is 5.13. The molecule has 20 heavy (non-hydrogen) atoms. The van der Waals surface area contributed by atoms with Crippen LogP contribution in [-0.2, 0) is 4.79 Å². The molecule has 2 aromatic rings. The third-order valence-electron chi connectivity index (χ3n) is 3.54. The highest BCUT2D eigenvalue weighted by Crippen LogP contribution is 2.36. The largest absolute Gasteiger partial charge is 0.489 e. The summed E-state index contributed by atoms with van der Waals surface area (Å²) >= 11 is 0. The lowest BCUT2D eigenvalue weighted by Gasteiger charge is -2.09. The average Bonchev–Trinajstić information content (AvgIpc) is 3.27. The number of carbonyl (C=O) groups is 1. The first-order valence-electron chi connectivity index (χ1n) is 6.77. The minimum absolute atomic E-state index is 0.356. The molecule has 0 aliphatic heterocycles. The monoisotopic (exact) mass is 268 g/mol. The smallest absolute Gasteiger partial charge is 0.328 e. The molecule has 1 aliphatic rings. The standard InChI is InChI=1S/C17H16O3/c18-17(19)10-15(13-5-6-13)11-20-16-8-7-12-3-1-2-4-14(12)9-16/h1-4,7-10,13H,5-6,11H2,(H,18,19)/b15-10-. The maximum atomic E-state index is 10.8.